The van der Waals surface area contributed by atoms with Crippen LogP contribution in [0.5, 0.6) is 0 Å². The number of thioether (sulfide) groups is 1. The van der Waals surface area contributed by atoms with E-state index in [4.69, 9.17) is 0 Å². The highest BCUT2D eigenvalue weighted by Crippen LogP contribution is 2.28. The third-order valence-electron chi connectivity index (χ3n) is 5.02. The maximum absolute atomic E-state index is 13.1. The highest BCUT2D eigenvalue weighted by molar-refractivity contribution is 8.00. The molecule has 3 heterocycles. The minimum Gasteiger partial charge on any atom is -0.342 e. The Hall–Kier alpha value is -1.79. The molecule has 1 aromatic heterocycles. The lowest BCUT2D eigenvalue weighted by molar-refractivity contribution is -0.127. The van der Waals surface area contributed by atoms with Gasteiger partial charge in [-0.15, -0.1) is 23.1 Å². The summed E-state index contributed by atoms with van der Waals surface area (Å²) in [6.07, 6.45) is 3.14. The average molecular weight is 387 g/mol. The fraction of sp³-hybridized carbons (Fsp3) is 0.400. The van der Waals surface area contributed by atoms with Crippen LogP contribution in [-0.4, -0.2) is 47.0 Å². The van der Waals surface area contributed by atoms with E-state index in [0.29, 0.717) is 17.9 Å². The molecule has 4 nitrogen and oxygen atoms in total. The van der Waals surface area contributed by atoms with Crippen LogP contribution in [-0.2, 0) is 17.8 Å². The number of benzene rings is 1. The summed E-state index contributed by atoms with van der Waals surface area (Å²) in [4.78, 5) is 31.6. The number of amides is 2. The van der Waals surface area contributed by atoms with E-state index < -0.39 is 0 Å². The van der Waals surface area contributed by atoms with E-state index in [0.717, 1.165) is 43.8 Å². The molecule has 1 saturated heterocycles. The summed E-state index contributed by atoms with van der Waals surface area (Å²) < 4.78 is 0. The third kappa shape index (κ3) is 3.67. The minimum absolute atomic E-state index is 0.0681. The van der Waals surface area contributed by atoms with Crippen LogP contribution in [0.1, 0.15) is 33.6 Å². The van der Waals surface area contributed by atoms with E-state index in [1.54, 1.807) is 11.3 Å². The molecule has 2 aliphatic heterocycles. The number of hydrogen-bond donors (Lipinski definition) is 0. The number of nitrogens with zero attached hydrogens (tertiary/aromatic N) is 2. The summed E-state index contributed by atoms with van der Waals surface area (Å²) in [6.45, 7) is 3.19. The molecule has 26 heavy (non-hydrogen) atoms. The normalized spacial score (nSPS) is 16.6. The van der Waals surface area contributed by atoms with E-state index in [2.05, 4.69) is 11.4 Å². The Labute approximate surface area is 162 Å². The van der Waals surface area contributed by atoms with Crippen molar-refractivity contribution in [3.05, 3.63) is 51.7 Å². The summed E-state index contributed by atoms with van der Waals surface area (Å²) in [5, 5.41) is 2.10. The Morgan fingerprint density at radius 1 is 1.04 bits per heavy atom. The van der Waals surface area contributed by atoms with Crippen molar-refractivity contribution in [1.29, 1.82) is 0 Å². The van der Waals surface area contributed by atoms with Crippen LogP contribution in [0.2, 0.25) is 0 Å². The average Bonchev–Trinajstić information content (AvgIpc) is 3.36. The van der Waals surface area contributed by atoms with Gasteiger partial charge >= 0.3 is 0 Å². The lowest BCUT2D eigenvalue weighted by Crippen LogP contribution is -2.35. The van der Waals surface area contributed by atoms with E-state index >= 15 is 0 Å². The predicted molar refractivity (Wildman–Crippen MR) is 106 cm³/mol. The molecule has 1 fully saturated rings. The summed E-state index contributed by atoms with van der Waals surface area (Å²) in [5.74, 6) is 0.646. The van der Waals surface area contributed by atoms with Gasteiger partial charge in [0, 0.05) is 36.0 Å². The molecule has 0 unspecified atom stereocenters. The van der Waals surface area contributed by atoms with Gasteiger partial charge in [0.25, 0.3) is 5.91 Å². The maximum atomic E-state index is 13.1. The highest BCUT2D eigenvalue weighted by atomic mass is 32.2. The first-order valence-corrected chi connectivity index (χ1v) is 10.9. The van der Waals surface area contributed by atoms with Crippen molar-refractivity contribution in [2.45, 2.75) is 30.7 Å². The Morgan fingerprint density at radius 2 is 1.85 bits per heavy atom. The second kappa shape index (κ2) is 7.84. The summed E-state index contributed by atoms with van der Waals surface area (Å²) >= 11 is 3.26. The fourth-order valence-corrected chi connectivity index (χ4v) is 5.40. The highest BCUT2D eigenvalue weighted by Gasteiger charge is 2.25. The molecule has 4 rings (SSSR count). The standard InChI is InChI=1S/C20H22N2O2S2/c23-19(21-9-3-4-10-21)14-26-18-6-2-1-5-16(18)20(24)22-11-7-17-15(13-22)8-12-25-17/h1-2,5-6,8,12H,3-4,7,9-11,13-14H2. The van der Waals surface area contributed by atoms with Gasteiger partial charge in [0.15, 0.2) is 0 Å². The van der Waals surface area contributed by atoms with E-state index in [1.807, 2.05) is 34.1 Å². The summed E-state index contributed by atoms with van der Waals surface area (Å²) in [6, 6.07) is 9.80. The molecule has 1 aromatic carbocycles. The molecule has 136 valence electrons. The number of rotatable bonds is 4. The summed E-state index contributed by atoms with van der Waals surface area (Å²) in [7, 11) is 0. The number of thiophene rings is 1. The van der Waals surface area contributed by atoms with Crippen molar-refractivity contribution < 1.29 is 9.59 Å². The van der Waals surface area contributed by atoms with Gasteiger partial charge in [0.05, 0.1) is 11.3 Å². The van der Waals surface area contributed by atoms with Crippen LogP contribution >= 0.6 is 23.1 Å². The van der Waals surface area contributed by atoms with Crippen LogP contribution < -0.4 is 0 Å². The molecule has 6 heteroatoms. The Bertz CT molecular complexity index is 812. The first-order valence-electron chi connectivity index (χ1n) is 9.06. The quantitative estimate of drug-likeness (QED) is 0.753. The zero-order valence-electron chi connectivity index (χ0n) is 14.6. The van der Waals surface area contributed by atoms with Crippen molar-refractivity contribution in [3.8, 4) is 0 Å². The molecular weight excluding hydrogens is 364 g/mol. The third-order valence-corrected chi connectivity index (χ3v) is 7.10. The van der Waals surface area contributed by atoms with Gasteiger partial charge in [-0.25, -0.2) is 0 Å². The van der Waals surface area contributed by atoms with Gasteiger partial charge in [0.2, 0.25) is 5.91 Å². The van der Waals surface area contributed by atoms with Crippen molar-refractivity contribution >= 4 is 34.9 Å². The van der Waals surface area contributed by atoms with Crippen LogP contribution in [0, 0.1) is 0 Å². The van der Waals surface area contributed by atoms with Crippen LogP contribution in [0.3, 0.4) is 0 Å². The van der Waals surface area contributed by atoms with Gasteiger partial charge in [0.1, 0.15) is 0 Å². The molecule has 2 aliphatic rings. The second-order valence-corrected chi connectivity index (χ2v) is 8.74. The molecule has 2 aromatic rings. The molecule has 0 spiro atoms. The van der Waals surface area contributed by atoms with Crippen LogP contribution in [0.25, 0.3) is 0 Å². The Kier molecular flexibility index (Phi) is 5.31. The number of carbonyl (C=O) groups is 2. The minimum atomic E-state index is 0.0681. The van der Waals surface area contributed by atoms with Gasteiger partial charge in [-0.2, -0.15) is 0 Å². The van der Waals surface area contributed by atoms with Gasteiger partial charge in [-0.3, -0.25) is 9.59 Å². The first kappa shape index (κ1) is 17.6. The summed E-state index contributed by atoms with van der Waals surface area (Å²) in [5.41, 5.74) is 1.98. The Morgan fingerprint density at radius 3 is 2.69 bits per heavy atom. The monoisotopic (exact) mass is 386 g/mol. The second-order valence-electron chi connectivity index (χ2n) is 6.72. The maximum Gasteiger partial charge on any atom is 0.255 e. The van der Waals surface area contributed by atoms with Crippen LogP contribution in [0.15, 0.2) is 40.6 Å². The molecule has 2 amide bonds. The van der Waals surface area contributed by atoms with E-state index in [1.165, 1.54) is 22.2 Å². The molecule has 0 aliphatic carbocycles. The van der Waals surface area contributed by atoms with Crippen molar-refractivity contribution in [3.63, 3.8) is 0 Å². The fourth-order valence-electron chi connectivity index (χ4n) is 3.56. The number of carbonyl (C=O) groups excluding carboxylic acids is 2. The van der Waals surface area contributed by atoms with E-state index in [-0.39, 0.29) is 11.8 Å². The zero-order valence-corrected chi connectivity index (χ0v) is 16.3. The Balaban J connectivity index is 1.45. The number of fused-ring (bicyclic) bond motifs is 1. The van der Waals surface area contributed by atoms with Gasteiger partial charge in [-0.05, 0) is 48.4 Å². The number of likely N-dealkylation sites (tertiary alicyclic amines) is 1. The van der Waals surface area contributed by atoms with E-state index in [9.17, 15) is 9.59 Å². The predicted octanol–water partition coefficient (Wildman–Crippen LogP) is 3.66. The lowest BCUT2D eigenvalue weighted by atomic mass is 10.1. The van der Waals surface area contributed by atoms with Crippen molar-refractivity contribution in [2.24, 2.45) is 0 Å². The van der Waals surface area contributed by atoms with Crippen molar-refractivity contribution in [1.82, 2.24) is 9.80 Å². The zero-order chi connectivity index (χ0) is 17.9. The largest absolute Gasteiger partial charge is 0.342 e. The molecule has 0 bridgehead atoms. The molecule has 0 N–H and O–H groups in total. The topological polar surface area (TPSA) is 40.6 Å². The molecule has 0 saturated carbocycles. The first-order chi connectivity index (χ1) is 12.7. The van der Waals surface area contributed by atoms with Crippen molar-refractivity contribution in [2.75, 3.05) is 25.4 Å². The van der Waals surface area contributed by atoms with Gasteiger partial charge in [-0.1, -0.05) is 12.1 Å². The van der Waals surface area contributed by atoms with Gasteiger partial charge < -0.3 is 9.80 Å². The SMILES string of the molecule is O=C(CSc1ccccc1C(=O)N1CCc2sccc2C1)N1CCCC1. The molecular formula is C20H22N2O2S2. The molecule has 0 radical (unpaired) electrons. The van der Waals surface area contributed by atoms with Crippen LogP contribution in [0.4, 0.5) is 0 Å². The molecule has 0 atom stereocenters. The number of hydrogen-bond acceptors (Lipinski definition) is 4. The smallest absolute Gasteiger partial charge is 0.255 e. The lowest BCUT2D eigenvalue weighted by Gasteiger charge is -2.27.